The van der Waals surface area contributed by atoms with Crippen LogP contribution in [0.5, 0.6) is 0 Å². The fourth-order valence-corrected chi connectivity index (χ4v) is 2.89. The molecule has 0 bridgehead atoms. The van der Waals surface area contributed by atoms with Crippen LogP contribution in [-0.4, -0.2) is 22.9 Å². The smallest absolute Gasteiger partial charge is 0.124 e. The maximum atomic E-state index is 8.97. The third-order valence-corrected chi connectivity index (χ3v) is 4.11. The molecule has 0 aromatic carbocycles. The van der Waals surface area contributed by atoms with Gasteiger partial charge in [-0.3, -0.25) is 0 Å². The average Bonchev–Trinajstić information content (AvgIpc) is 2.65. The first-order chi connectivity index (χ1) is 7.70. The minimum absolute atomic E-state index is 0.228. The van der Waals surface area contributed by atoms with Crippen molar-refractivity contribution in [2.45, 2.75) is 29.6 Å². The zero-order valence-corrected chi connectivity index (χ0v) is 9.83. The Labute approximate surface area is 98.8 Å². The second-order valence-electron chi connectivity index (χ2n) is 3.74. The summed E-state index contributed by atoms with van der Waals surface area (Å²) in [4.78, 5) is 4.82. The number of pyridine rings is 1. The summed E-state index contributed by atoms with van der Waals surface area (Å²) in [5.41, 5.74) is 6.21. The van der Waals surface area contributed by atoms with Crippen molar-refractivity contribution in [2.24, 2.45) is 0 Å². The molecule has 2 unspecified atom stereocenters. The number of hydrogen-bond acceptors (Lipinski definition) is 5. The summed E-state index contributed by atoms with van der Waals surface area (Å²) in [5, 5.41) is 9.37. The molecule has 0 amide bonds. The lowest BCUT2D eigenvalue weighted by Crippen LogP contribution is -2.13. The summed E-state index contributed by atoms with van der Waals surface area (Å²) in [6.07, 6.45) is 2.77. The number of aromatic nitrogens is 1. The van der Waals surface area contributed by atoms with Crippen LogP contribution in [0.1, 0.15) is 18.9 Å². The largest absolute Gasteiger partial charge is 0.384 e. The number of nitrogens with two attached hydrogens (primary N) is 1. The number of nitriles is 1. The highest BCUT2D eigenvalue weighted by molar-refractivity contribution is 8.00. The van der Waals surface area contributed by atoms with Crippen molar-refractivity contribution in [3.05, 3.63) is 17.8 Å². The van der Waals surface area contributed by atoms with Gasteiger partial charge in [0.05, 0.1) is 11.7 Å². The van der Waals surface area contributed by atoms with Crippen LogP contribution in [0.3, 0.4) is 0 Å². The number of nitrogen functional groups attached to an aromatic ring is 1. The molecule has 1 aromatic rings. The fourth-order valence-electron chi connectivity index (χ4n) is 1.66. The molecule has 1 aliphatic heterocycles. The van der Waals surface area contributed by atoms with Gasteiger partial charge in [0, 0.05) is 22.9 Å². The molecule has 2 heterocycles. The molecule has 1 aromatic heterocycles. The van der Waals surface area contributed by atoms with Crippen LogP contribution in [0.2, 0.25) is 0 Å². The van der Waals surface area contributed by atoms with Gasteiger partial charge in [-0.15, -0.1) is 11.8 Å². The van der Waals surface area contributed by atoms with Gasteiger partial charge < -0.3 is 10.5 Å². The Morgan fingerprint density at radius 2 is 2.50 bits per heavy atom. The molecule has 1 aliphatic rings. The van der Waals surface area contributed by atoms with E-state index in [1.54, 1.807) is 17.8 Å². The molecule has 0 spiro atoms. The van der Waals surface area contributed by atoms with Crippen LogP contribution < -0.4 is 5.73 Å². The second-order valence-corrected chi connectivity index (χ2v) is 5.02. The molecule has 0 saturated carbocycles. The molecule has 4 nitrogen and oxygen atoms in total. The molecule has 2 rings (SSSR count). The van der Waals surface area contributed by atoms with E-state index in [0.717, 1.165) is 17.9 Å². The van der Waals surface area contributed by atoms with Gasteiger partial charge in [-0.2, -0.15) is 5.26 Å². The van der Waals surface area contributed by atoms with Gasteiger partial charge in [-0.05, 0) is 19.4 Å². The van der Waals surface area contributed by atoms with Gasteiger partial charge in [0.2, 0.25) is 0 Å². The minimum Gasteiger partial charge on any atom is -0.384 e. The van der Waals surface area contributed by atoms with E-state index < -0.39 is 0 Å². The van der Waals surface area contributed by atoms with E-state index in [0.29, 0.717) is 16.6 Å². The molecule has 0 aliphatic carbocycles. The fraction of sp³-hybridized carbons (Fsp3) is 0.455. The lowest BCUT2D eigenvalue weighted by Gasteiger charge is -2.14. The van der Waals surface area contributed by atoms with Crippen LogP contribution in [0.15, 0.2) is 17.2 Å². The quantitative estimate of drug-likeness (QED) is 0.846. The Morgan fingerprint density at radius 3 is 3.12 bits per heavy atom. The van der Waals surface area contributed by atoms with E-state index in [1.807, 2.05) is 0 Å². The topological polar surface area (TPSA) is 71.9 Å². The first-order valence-electron chi connectivity index (χ1n) is 5.14. The van der Waals surface area contributed by atoms with Crippen molar-refractivity contribution < 1.29 is 4.74 Å². The van der Waals surface area contributed by atoms with Crippen molar-refractivity contribution in [3.8, 4) is 6.07 Å². The highest BCUT2D eigenvalue weighted by Crippen LogP contribution is 2.34. The molecule has 1 fully saturated rings. The van der Waals surface area contributed by atoms with Gasteiger partial charge in [-0.1, -0.05) is 0 Å². The molecule has 0 radical (unpaired) electrons. The van der Waals surface area contributed by atoms with Crippen molar-refractivity contribution in [2.75, 3.05) is 12.3 Å². The predicted molar refractivity (Wildman–Crippen MR) is 63.0 cm³/mol. The zero-order valence-electron chi connectivity index (χ0n) is 9.01. The van der Waals surface area contributed by atoms with Crippen LogP contribution >= 0.6 is 11.8 Å². The average molecular weight is 235 g/mol. The maximum Gasteiger partial charge on any atom is 0.124 e. The number of anilines is 1. The Bertz CT molecular complexity index is 430. The van der Waals surface area contributed by atoms with Crippen molar-refractivity contribution in [1.82, 2.24) is 4.98 Å². The first-order valence-corrected chi connectivity index (χ1v) is 6.02. The van der Waals surface area contributed by atoms with Gasteiger partial charge >= 0.3 is 0 Å². The summed E-state index contributed by atoms with van der Waals surface area (Å²) in [6, 6.07) is 3.89. The Hall–Kier alpha value is -1.25. The number of rotatable bonds is 2. The molecule has 2 atom stereocenters. The van der Waals surface area contributed by atoms with E-state index >= 15 is 0 Å². The number of thioether (sulfide) groups is 1. The number of nitrogens with zero attached hydrogens (tertiary/aromatic N) is 2. The zero-order chi connectivity index (χ0) is 11.5. The first kappa shape index (κ1) is 11.2. The third kappa shape index (κ3) is 2.29. The van der Waals surface area contributed by atoms with Gasteiger partial charge in [0.1, 0.15) is 11.9 Å². The Kier molecular flexibility index (Phi) is 3.32. The summed E-state index contributed by atoms with van der Waals surface area (Å²) in [7, 11) is 0. The highest BCUT2D eigenvalue weighted by Gasteiger charge is 2.26. The van der Waals surface area contributed by atoms with E-state index in [2.05, 4.69) is 18.0 Å². The molecule has 2 N–H and O–H groups in total. The van der Waals surface area contributed by atoms with Crippen LogP contribution in [0.25, 0.3) is 0 Å². The Morgan fingerprint density at radius 1 is 1.69 bits per heavy atom. The summed E-state index contributed by atoms with van der Waals surface area (Å²) < 4.78 is 5.49. The standard InChI is InChI=1S/C11H13N3OS/c1-7-9(2-3-15-7)16-10-4-11(13)14-6-8(10)5-12/h4,6-7,9H,2-3H2,1H3,(H2,13,14). The number of hydrogen-bond donors (Lipinski definition) is 1. The number of ether oxygens (including phenoxy) is 1. The van der Waals surface area contributed by atoms with Gasteiger partial charge in [-0.25, -0.2) is 4.98 Å². The van der Waals surface area contributed by atoms with E-state index in [9.17, 15) is 0 Å². The molecule has 1 saturated heterocycles. The molecular formula is C11H13N3OS. The molecular weight excluding hydrogens is 222 g/mol. The molecule has 5 heteroatoms. The summed E-state index contributed by atoms with van der Waals surface area (Å²) in [5.74, 6) is 0.452. The molecule has 16 heavy (non-hydrogen) atoms. The second kappa shape index (κ2) is 4.73. The Balaban J connectivity index is 2.20. The van der Waals surface area contributed by atoms with Crippen LogP contribution in [-0.2, 0) is 4.74 Å². The summed E-state index contributed by atoms with van der Waals surface area (Å²) >= 11 is 1.66. The van der Waals surface area contributed by atoms with E-state index in [1.165, 1.54) is 6.20 Å². The van der Waals surface area contributed by atoms with Crippen LogP contribution in [0, 0.1) is 11.3 Å². The molecule has 84 valence electrons. The monoisotopic (exact) mass is 235 g/mol. The maximum absolute atomic E-state index is 8.97. The predicted octanol–water partition coefficient (Wildman–Crippen LogP) is 1.80. The summed E-state index contributed by atoms with van der Waals surface area (Å²) in [6.45, 7) is 2.85. The minimum atomic E-state index is 0.228. The van der Waals surface area contributed by atoms with Gasteiger partial charge in [0.15, 0.2) is 0 Å². The van der Waals surface area contributed by atoms with Crippen molar-refractivity contribution in [3.63, 3.8) is 0 Å². The SMILES string of the molecule is CC1OCCC1Sc1cc(N)ncc1C#N. The third-order valence-electron chi connectivity index (χ3n) is 2.59. The van der Waals surface area contributed by atoms with Crippen molar-refractivity contribution in [1.29, 1.82) is 5.26 Å². The van der Waals surface area contributed by atoms with Crippen molar-refractivity contribution >= 4 is 17.6 Å². The van der Waals surface area contributed by atoms with E-state index in [-0.39, 0.29) is 6.10 Å². The lowest BCUT2D eigenvalue weighted by molar-refractivity contribution is 0.127. The van der Waals surface area contributed by atoms with Crippen LogP contribution in [0.4, 0.5) is 5.82 Å². The highest BCUT2D eigenvalue weighted by atomic mass is 32.2. The lowest BCUT2D eigenvalue weighted by atomic mass is 10.2. The normalized spacial score (nSPS) is 24.2. The van der Waals surface area contributed by atoms with Gasteiger partial charge in [0.25, 0.3) is 0 Å². The van der Waals surface area contributed by atoms with E-state index in [4.69, 9.17) is 15.7 Å².